The molecule has 0 saturated heterocycles. The van der Waals surface area contributed by atoms with Crippen molar-refractivity contribution in [2.45, 2.75) is 44.6 Å². The van der Waals surface area contributed by atoms with E-state index in [0.29, 0.717) is 0 Å². The van der Waals surface area contributed by atoms with Gasteiger partial charge in [-0.25, -0.2) is 4.98 Å². The van der Waals surface area contributed by atoms with Crippen LogP contribution in [0.1, 0.15) is 38.1 Å². The van der Waals surface area contributed by atoms with E-state index in [-0.39, 0.29) is 11.0 Å². The van der Waals surface area contributed by atoms with Crippen LogP contribution in [0.15, 0.2) is 6.33 Å². The predicted molar refractivity (Wildman–Crippen MR) is 52.5 cm³/mol. The number of nitrogens with one attached hydrogen (secondary N) is 1. The van der Waals surface area contributed by atoms with E-state index in [9.17, 15) is 0 Å². The van der Waals surface area contributed by atoms with E-state index in [1.807, 2.05) is 0 Å². The van der Waals surface area contributed by atoms with Gasteiger partial charge in [-0.3, -0.25) is 0 Å². The van der Waals surface area contributed by atoms with Crippen molar-refractivity contribution in [2.75, 3.05) is 0 Å². The van der Waals surface area contributed by atoms with Gasteiger partial charge in [0.05, 0.1) is 12.0 Å². The monoisotopic (exact) mass is 179 g/mol. The average Bonchev–Trinajstić information content (AvgIpc) is 2.70. The number of aryl methyl sites for hydroxylation is 1. The summed E-state index contributed by atoms with van der Waals surface area (Å²) in [5.41, 5.74) is 8.49. The molecule has 1 aliphatic carbocycles. The molecule has 72 valence electrons. The SMILES string of the molecule is Cc1[nH]cnc1C1(C(C)(C)N)CC1. The molecule has 1 saturated carbocycles. The van der Waals surface area contributed by atoms with Gasteiger partial charge in [-0.2, -0.15) is 0 Å². The molecule has 3 nitrogen and oxygen atoms in total. The molecule has 3 N–H and O–H groups in total. The molecule has 0 spiro atoms. The van der Waals surface area contributed by atoms with Gasteiger partial charge < -0.3 is 10.7 Å². The Morgan fingerprint density at radius 3 is 2.46 bits per heavy atom. The van der Waals surface area contributed by atoms with Crippen molar-refractivity contribution in [1.82, 2.24) is 9.97 Å². The molecule has 0 aliphatic heterocycles. The molecule has 1 aliphatic rings. The van der Waals surface area contributed by atoms with Crippen molar-refractivity contribution < 1.29 is 0 Å². The van der Waals surface area contributed by atoms with Crippen LogP contribution in [0, 0.1) is 6.92 Å². The minimum Gasteiger partial charge on any atom is -0.348 e. The van der Waals surface area contributed by atoms with Crippen molar-refractivity contribution in [2.24, 2.45) is 5.73 Å². The molecule has 1 heterocycles. The minimum absolute atomic E-state index is 0.136. The first-order valence-corrected chi connectivity index (χ1v) is 4.77. The highest BCUT2D eigenvalue weighted by molar-refractivity contribution is 5.33. The number of nitrogens with two attached hydrogens (primary N) is 1. The summed E-state index contributed by atoms with van der Waals surface area (Å²) in [6.45, 7) is 6.25. The largest absolute Gasteiger partial charge is 0.348 e. The highest BCUT2D eigenvalue weighted by Crippen LogP contribution is 2.54. The highest BCUT2D eigenvalue weighted by atomic mass is 14.9. The van der Waals surface area contributed by atoms with E-state index in [1.54, 1.807) is 6.33 Å². The van der Waals surface area contributed by atoms with Crippen LogP contribution < -0.4 is 5.73 Å². The smallest absolute Gasteiger partial charge is 0.0925 e. The third-order valence-electron chi connectivity index (χ3n) is 3.27. The summed E-state index contributed by atoms with van der Waals surface area (Å²) in [5.74, 6) is 0. The standard InChI is InChI=1S/C10H17N3/c1-7-8(13-6-12-7)10(4-5-10)9(2,3)11/h6H,4-5,11H2,1-3H3,(H,12,13). The van der Waals surface area contributed by atoms with Gasteiger partial charge in [0, 0.05) is 16.6 Å². The van der Waals surface area contributed by atoms with Gasteiger partial charge in [0.1, 0.15) is 0 Å². The molecule has 0 radical (unpaired) electrons. The maximum Gasteiger partial charge on any atom is 0.0925 e. The topological polar surface area (TPSA) is 54.7 Å². The van der Waals surface area contributed by atoms with Crippen LogP contribution in [0.5, 0.6) is 0 Å². The first kappa shape index (κ1) is 8.75. The summed E-state index contributed by atoms with van der Waals surface area (Å²) >= 11 is 0. The molecule has 3 heteroatoms. The Morgan fingerprint density at radius 1 is 1.54 bits per heavy atom. The Morgan fingerprint density at radius 2 is 2.15 bits per heavy atom. The number of hydrogen-bond acceptors (Lipinski definition) is 2. The molecule has 0 unspecified atom stereocenters. The Kier molecular flexibility index (Phi) is 1.58. The number of hydrogen-bond donors (Lipinski definition) is 2. The van der Waals surface area contributed by atoms with Crippen molar-refractivity contribution in [3.8, 4) is 0 Å². The molecule has 0 atom stereocenters. The molecule has 1 aromatic heterocycles. The number of imidazole rings is 1. The fraction of sp³-hybridized carbons (Fsp3) is 0.700. The van der Waals surface area contributed by atoms with Crippen LogP contribution in [-0.2, 0) is 5.41 Å². The Bertz CT molecular complexity index is 315. The molecule has 2 rings (SSSR count). The molecule has 0 bridgehead atoms. The second kappa shape index (κ2) is 2.35. The number of aromatic nitrogens is 2. The Labute approximate surface area is 78.7 Å². The van der Waals surface area contributed by atoms with E-state index in [4.69, 9.17) is 5.73 Å². The highest BCUT2D eigenvalue weighted by Gasteiger charge is 2.55. The molecule has 0 amide bonds. The molecule has 0 aromatic carbocycles. The van der Waals surface area contributed by atoms with Crippen molar-refractivity contribution in [3.63, 3.8) is 0 Å². The van der Waals surface area contributed by atoms with Gasteiger partial charge >= 0.3 is 0 Å². The van der Waals surface area contributed by atoms with Crippen LogP contribution in [0.25, 0.3) is 0 Å². The first-order valence-electron chi connectivity index (χ1n) is 4.77. The van der Waals surface area contributed by atoms with Gasteiger partial charge in [-0.05, 0) is 33.6 Å². The molecule has 1 aromatic rings. The van der Waals surface area contributed by atoms with Gasteiger partial charge in [-0.1, -0.05) is 0 Å². The fourth-order valence-electron chi connectivity index (χ4n) is 2.15. The van der Waals surface area contributed by atoms with E-state index in [0.717, 1.165) is 5.69 Å². The van der Waals surface area contributed by atoms with Crippen LogP contribution in [-0.4, -0.2) is 15.5 Å². The average molecular weight is 179 g/mol. The summed E-state index contributed by atoms with van der Waals surface area (Å²) in [7, 11) is 0. The number of rotatable bonds is 2. The lowest BCUT2D eigenvalue weighted by molar-refractivity contribution is 0.383. The van der Waals surface area contributed by atoms with E-state index < -0.39 is 0 Å². The maximum absolute atomic E-state index is 6.18. The molecular formula is C10H17N3. The van der Waals surface area contributed by atoms with Gasteiger partial charge in [-0.15, -0.1) is 0 Å². The van der Waals surface area contributed by atoms with Crippen molar-refractivity contribution in [3.05, 3.63) is 17.7 Å². The second-order valence-corrected chi connectivity index (χ2v) is 4.68. The predicted octanol–water partition coefficient (Wildman–Crippen LogP) is 1.49. The fourth-order valence-corrected chi connectivity index (χ4v) is 2.15. The minimum atomic E-state index is -0.160. The zero-order valence-electron chi connectivity index (χ0n) is 8.52. The van der Waals surface area contributed by atoms with Crippen LogP contribution >= 0.6 is 0 Å². The van der Waals surface area contributed by atoms with E-state index in [1.165, 1.54) is 18.5 Å². The normalized spacial score (nSPS) is 20.3. The maximum atomic E-state index is 6.18. The summed E-state index contributed by atoms with van der Waals surface area (Å²) in [4.78, 5) is 7.50. The Balaban J connectivity index is 2.42. The van der Waals surface area contributed by atoms with E-state index >= 15 is 0 Å². The summed E-state index contributed by atoms with van der Waals surface area (Å²) in [6.07, 6.45) is 4.10. The Hall–Kier alpha value is -0.830. The number of H-pyrrole nitrogens is 1. The number of aromatic amines is 1. The van der Waals surface area contributed by atoms with Gasteiger partial charge in [0.25, 0.3) is 0 Å². The molecule has 1 fully saturated rings. The zero-order valence-corrected chi connectivity index (χ0v) is 8.52. The summed E-state index contributed by atoms with van der Waals surface area (Å²) < 4.78 is 0. The van der Waals surface area contributed by atoms with Gasteiger partial charge in [0.15, 0.2) is 0 Å². The quantitative estimate of drug-likeness (QED) is 0.722. The summed E-state index contributed by atoms with van der Waals surface area (Å²) in [5, 5.41) is 0. The lowest BCUT2D eigenvalue weighted by Gasteiger charge is -2.29. The molecule has 13 heavy (non-hydrogen) atoms. The van der Waals surface area contributed by atoms with Gasteiger partial charge in [0.2, 0.25) is 0 Å². The first-order chi connectivity index (χ1) is 5.97. The number of nitrogens with zero attached hydrogens (tertiary/aromatic N) is 1. The van der Waals surface area contributed by atoms with Crippen molar-refractivity contribution >= 4 is 0 Å². The lowest BCUT2D eigenvalue weighted by atomic mass is 9.81. The van der Waals surface area contributed by atoms with Crippen LogP contribution in [0.2, 0.25) is 0 Å². The zero-order chi connectivity index (χ0) is 9.69. The third kappa shape index (κ3) is 1.10. The van der Waals surface area contributed by atoms with Crippen LogP contribution in [0.3, 0.4) is 0 Å². The second-order valence-electron chi connectivity index (χ2n) is 4.68. The van der Waals surface area contributed by atoms with E-state index in [2.05, 4.69) is 30.7 Å². The van der Waals surface area contributed by atoms with Crippen LogP contribution in [0.4, 0.5) is 0 Å². The lowest BCUT2D eigenvalue weighted by Crippen LogP contribution is -2.45. The summed E-state index contributed by atoms with van der Waals surface area (Å²) in [6, 6.07) is 0. The van der Waals surface area contributed by atoms with Crippen molar-refractivity contribution in [1.29, 1.82) is 0 Å². The third-order valence-corrected chi connectivity index (χ3v) is 3.27. The molecular weight excluding hydrogens is 162 g/mol.